The van der Waals surface area contributed by atoms with Crippen molar-refractivity contribution in [1.29, 1.82) is 0 Å². The molecule has 1 unspecified atom stereocenters. The van der Waals surface area contributed by atoms with Crippen LogP contribution in [0, 0.1) is 17.7 Å². The molecule has 1 fully saturated rings. The maximum atomic E-state index is 14.2. The smallest absolute Gasteiger partial charge is 0.128 e. The van der Waals surface area contributed by atoms with Crippen LogP contribution in [0.2, 0.25) is 5.02 Å². The monoisotopic (exact) mass is 438 g/mol. The third-order valence-electron chi connectivity index (χ3n) is 4.61. The molecule has 0 aliphatic heterocycles. The molecule has 0 N–H and O–H groups in total. The lowest BCUT2D eigenvalue weighted by atomic mass is 9.77. The lowest BCUT2D eigenvalue weighted by Gasteiger charge is -2.32. The minimum Gasteiger partial charge on any atom is -0.207 e. The molecule has 0 amide bonds. The van der Waals surface area contributed by atoms with E-state index in [1.54, 1.807) is 6.07 Å². The topological polar surface area (TPSA) is 0 Å². The standard InChI is InChI=1S/C17H22Br2ClF/c1-2-3-4-11-5-7-12(8-6-11)17(19)13-9-15(20)14(18)10-16(13)21/h9-12,17H,2-8H2,1H3. The van der Waals surface area contributed by atoms with Crippen molar-refractivity contribution in [3.05, 3.63) is 33.0 Å². The van der Waals surface area contributed by atoms with Gasteiger partial charge < -0.3 is 0 Å². The van der Waals surface area contributed by atoms with E-state index in [-0.39, 0.29) is 10.6 Å². The van der Waals surface area contributed by atoms with Crippen LogP contribution < -0.4 is 0 Å². The van der Waals surface area contributed by atoms with Crippen LogP contribution in [0.1, 0.15) is 62.3 Å². The highest BCUT2D eigenvalue weighted by Gasteiger charge is 2.28. The van der Waals surface area contributed by atoms with Crippen molar-refractivity contribution in [2.75, 3.05) is 0 Å². The van der Waals surface area contributed by atoms with Gasteiger partial charge in [-0.25, -0.2) is 4.39 Å². The molecule has 1 aromatic rings. The predicted molar refractivity (Wildman–Crippen MR) is 95.8 cm³/mol. The summed E-state index contributed by atoms with van der Waals surface area (Å²) in [5, 5.41) is 0.576. The minimum absolute atomic E-state index is 0.0650. The number of hydrogen-bond donors (Lipinski definition) is 0. The van der Waals surface area contributed by atoms with Crippen LogP contribution in [0.5, 0.6) is 0 Å². The van der Waals surface area contributed by atoms with E-state index in [0.717, 1.165) is 5.92 Å². The molecule has 4 heteroatoms. The van der Waals surface area contributed by atoms with Gasteiger partial charge in [-0.1, -0.05) is 66.6 Å². The summed E-state index contributed by atoms with van der Waals surface area (Å²) in [6, 6.07) is 3.22. The van der Waals surface area contributed by atoms with Crippen LogP contribution >= 0.6 is 43.5 Å². The van der Waals surface area contributed by atoms with Crippen LogP contribution in [0.15, 0.2) is 16.6 Å². The van der Waals surface area contributed by atoms with Crippen molar-refractivity contribution in [3.63, 3.8) is 0 Å². The molecule has 0 nitrogen and oxygen atoms in total. The molecule has 1 aliphatic carbocycles. The first-order valence-corrected chi connectivity index (χ1v) is 9.90. The Hall–Kier alpha value is 0.400. The molecule has 1 atom stereocenters. The van der Waals surface area contributed by atoms with Gasteiger partial charge in [0.25, 0.3) is 0 Å². The van der Waals surface area contributed by atoms with E-state index in [9.17, 15) is 4.39 Å². The maximum Gasteiger partial charge on any atom is 0.128 e. The summed E-state index contributed by atoms with van der Waals surface area (Å²) in [4.78, 5) is 0.0650. The highest BCUT2D eigenvalue weighted by molar-refractivity contribution is 9.10. The van der Waals surface area contributed by atoms with Crippen molar-refractivity contribution in [3.8, 4) is 0 Å². The second-order valence-corrected chi connectivity index (χ2v) is 8.36. The molecular formula is C17H22Br2ClF. The Morgan fingerprint density at radius 2 is 1.95 bits per heavy atom. The van der Waals surface area contributed by atoms with Crippen molar-refractivity contribution in [2.24, 2.45) is 11.8 Å². The van der Waals surface area contributed by atoms with E-state index in [4.69, 9.17) is 11.6 Å². The molecule has 0 spiro atoms. The van der Waals surface area contributed by atoms with E-state index < -0.39 is 0 Å². The van der Waals surface area contributed by atoms with Crippen molar-refractivity contribution in [2.45, 2.75) is 56.7 Å². The second kappa shape index (κ2) is 8.31. The van der Waals surface area contributed by atoms with Crippen LogP contribution in [0.3, 0.4) is 0 Å². The molecule has 0 aromatic heterocycles. The van der Waals surface area contributed by atoms with Crippen LogP contribution in [-0.4, -0.2) is 0 Å². The molecule has 0 radical (unpaired) electrons. The molecule has 2 rings (SSSR count). The van der Waals surface area contributed by atoms with Gasteiger partial charge in [0, 0.05) is 14.9 Å². The summed E-state index contributed by atoms with van der Waals surface area (Å²) in [6.07, 6.45) is 8.88. The van der Waals surface area contributed by atoms with Gasteiger partial charge in [-0.05, 0) is 52.7 Å². The van der Waals surface area contributed by atoms with Gasteiger partial charge in [-0.2, -0.15) is 0 Å². The SMILES string of the molecule is CCCCC1CCC(C(Br)c2cc(Cl)c(Br)cc2F)CC1. The third-order valence-corrected chi connectivity index (χ3v) is 7.05. The Bertz CT molecular complexity index is 470. The Labute approximate surface area is 149 Å². The Morgan fingerprint density at radius 1 is 1.29 bits per heavy atom. The van der Waals surface area contributed by atoms with Gasteiger partial charge in [0.2, 0.25) is 0 Å². The predicted octanol–water partition coefficient (Wildman–Crippen LogP) is 7.67. The molecule has 0 bridgehead atoms. The second-order valence-electron chi connectivity index (χ2n) is 6.11. The largest absolute Gasteiger partial charge is 0.207 e. The van der Waals surface area contributed by atoms with Gasteiger partial charge in [-0.15, -0.1) is 0 Å². The number of benzene rings is 1. The first kappa shape index (κ1) is 17.7. The Kier molecular flexibility index (Phi) is 7.02. The number of halogens is 4. The fourth-order valence-electron chi connectivity index (χ4n) is 3.27. The van der Waals surface area contributed by atoms with Gasteiger partial charge >= 0.3 is 0 Å². The van der Waals surface area contributed by atoms with E-state index in [1.165, 1.54) is 51.0 Å². The van der Waals surface area contributed by atoms with Crippen LogP contribution in [0.25, 0.3) is 0 Å². The van der Waals surface area contributed by atoms with Gasteiger partial charge in [0.05, 0.1) is 5.02 Å². The van der Waals surface area contributed by atoms with E-state index in [1.807, 2.05) is 0 Å². The van der Waals surface area contributed by atoms with E-state index in [2.05, 4.69) is 38.8 Å². The van der Waals surface area contributed by atoms with Crippen LogP contribution in [-0.2, 0) is 0 Å². The number of hydrogen-bond acceptors (Lipinski definition) is 0. The summed E-state index contributed by atoms with van der Waals surface area (Å²) >= 11 is 13.1. The third kappa shape index (κ3) is 4.68. The molecule has 1 aliphatic rings. The zero-order valence-corrected chi connectivity index (χ0v) is 16.3. The lowest BCUT2D eigenvalue weighted by Crippen LogP contribution is -2.18. The normalized spacial score (nSPS) is 24.0. The highest BCUT2D eigenvalue weighted by Crippen LogP contribution is 2.44. The Balaban J connectivity index is 1.99. The van der Waals surface area contributed by atoms with Gasteiger partial charge in [0.15, 0.2) is 0 Å². The Morgan fingerprint density at radius 3 is 2.57 bits per heavy atom. The number of alkyl halides is 1. The zero-order valence-electron chi connectivity index (χ0n) is 12.3. The van der Waals surface area contributed by atoms with E-state index in [0.29, 0.717) is 21.0 Å². The van der Waals surface area contributed by atoms with Crippen molar-refractivity contribution >= 4 is 43.5 Å². The number of rotatable bonds is 5. The fraction of sp³-hybridized carbons (Fsp3) is 0.647. The molecule has 118 valence electrons. The van der Waals surface area contributed by atoms with Crippen molar-refractivity contribution < 1.29 is 4.39 Å². The highest BCUT2D eigenvalue weighted by atomic mass is 79.9. The van der Waals surface area contributed by atoms with E-state index >= 15 is 0 Å². The fourth-order valence-corrected chi connectivity index (χ4v) is 4.63. The van der Waals surface area contributed by atoms with Crippen LogP contribution in [0.4, 0.5) is 4.39 Å². The summed E-state index contributed by atoms with van der Waals surface area (Å²) < 4.78 is 14.8. The number of unbranched alkanes of at least 4 members (excludes halogenated alkanes) is 1. The first-order chi connectivity index (χ1) is 10.0. The molecular weight excluding hydrogens is 418 g/mol. The average Bonchev–Trinajstić information content (AvgIpc) is 2.48. The lowest BCUT2D eigenvalue weighted by molar-refractivity contribution is 0.256. The summed E-state index contributed by atoms with van der Waals surface area (Å²) in [5.41, 5.74) is 0.695. The zero-order chi connectivity index (χ0) is 15.4. The summed E-state index contributed by atoms with van der Waals surface area (Å²) in [5.74, 6) is 1.20. The minimum atomic E-state index is -0.179. The maximum absolute atomic E-state index is 14.2. The molecule has 0 saturated heterocycles. The molecule has 21 heavy (non-hydrogen) atoms. The summed E-state index contributed by atoms with van der Waals surface area (Å²) in [6.45, 7) is 2.25. The van der Waals surface area contributed by atoms with Gasteiger partial charge in [-0.3, -0.25) is 0 Å². The quantitative estimate of drug-likeness (QED) is 0.325. The average molecular weight is 441 g/mol. The first-order valence-electron chi connectivity index (χ1n) is 7.81. The van der Waals surface area contributed by atoms with Crippen molar-refractivity contribution in [1.82, 2.24) is 0 Å². The van der Waals surface area contributed by atoms with Gasteiger partial charge in [0.1, 0.15) is 5.82 Å². The summed E-state index contributed by atoms with van der Waals surface area (Å²) in [7, 11) is 0. The molecule has 1 saturated carbocycles. The molecule has 1 aromatic carbocycles. The molecule has 0 heterocycles.